The fraction of sp³-hybridized carbons (Fsp3) is 0.429. The summed E-state index contributed by atoms with van der Waals surface area (Å²) >= 11 is 1.47. The third-order valence-corrected chi connectivity index (χ3v) is 4.22. The smallest absolute Gasteiger partial charge is 0.242 e. The first-order chi connectivity index (χ1) is 9.58. The van der Waals surface area contributed by atoms with Gasteiger partial charge in [0.25, 0.3) is 0 Å². The molecule has 0 radical (unpaired) electrons. The molecule has 2 amide bonds. The molecule has 1 N–H and O–H groups in total. The largest absolute Gasteiger partial charge is 0.353 e. The summed E-state index contributed by atoms with van der Waals surface area (Å²) in [5, 5.41) is 2.73. The predicted octanol–water partition coefficient (Wildman–Crippen LogP) is 1.41. The molecule has 0 aliphatic carbocycles. The standard InChI is InChI=1S/C14H17FN2O2S/c1-10-14(19)16-6-7-17(10)13(18)9-20-8-11-2-4-12(15)5-3-11/h2-5,10H,6-9H2,1H3,(H,16,19). The quantitative estimate of drug-likeness (QED) is 0.914. The Balaban J connectivity index is 1.80. The maximum Gasteiger partial charge on any atom is 0.242 e. The average molecular weight is 296 g/mol. The monoisotopic (exact) mass is 296 g/mol. The normalized spacial score (nSPS) is 18.8. The minimum atomic E-state index is -0.400. The lowest BCUT2D eigenvalue weighted by atomic mass is 10.2. The fourth-order valence-corrected chi connectivity index (χ4v) is 2.91. The molecule has 1 saturated heterocycles. The number of carbonyl (C=O) groups is 2. The molecule has 0 aromatic heterocycles. The zero-order valence-electron chi connectivity index (χ0n) is 11.3. The van der Waals surface area contributed by atoms with Crippen LogP contribution < -0.4 is 5.32 Å². The first kappa shape index (κ1) is 14.8. The van der Waals surface area contributed by atoms with Gasteiger partial charge in [0.1, 0.15) is 11.9 Å². The molecule has 20 heavy (non-hydrogen) atoms. The van der Waals surface area contributed by atoms with Crippen molar-refractivity contribution in [2.24, 2.45) is 0 Å². The Kier molecular flexibility index (Phi) is 5.00. The molecular weight excluding hydrogens is 279 g/mol. The highest BCUT2D eigenvalue weighted by atomic mass is 32.2. The number of nitrogens with zero attached hydrogens (tertiary/aromatic N) is 1. The Hall–Kier alpha value is -1.56. The number of piperazine rings is 1. The number of thioether (sulfide) groups is 1. The van der Waals surface area contributed by atoms with Gasteiger partial charge in [0.05, 0.1) is 5.75 Å². The Morgan fingerprint density at radius 2 is 2.15 bits per heavy atom. The van der Waals surface area contributed by atoms with Crippen molar-refractivity contribution in [3.05, 3.63) is 35.6 Å². The molecule has 1 aliphatic heterocycles. The number of amides is 2. The van der Waals surface area contributed by atoms with Crippen LogP contribution in [0.3, 0.4) is 0 Å². The fourth-order valence-electron chi connectivity index (χ4n) is 2.04. The third-order valence-electron chi connectivity index (χ3n) is 3.23. The van der Waals surface area contributed by atoms with Gasteiger partial charge in [-0.25, -0.2) is 4.39 Å². The first-order valence-electron chi connectivity index (χ1n) is 6.47. The van der Waals surface area contributed by atoms with E-state index in [2.05, 4.69) is 5.32 Å². The lowest BCUT2D eigenvalue weighted by Gasteiger charge is -2.32. The van der Waals surface area contributed by atoms with Gasteiger partial charge in [0.2, 0.25) is 11.8 Å². The van der Waals surface area contributed by atoms with Gasteiger partial charge in [0.15, 0.2) is 0 Å². The molecule has 1 unspecified atom stereocenters. The molecule has 1 aliphatic rings. The first-order valence-corrected chi connectivity index (χ1v) is 7.63. The van der Waals surface area contributed by atoms with Gasteiger partial charge in [-0.3, -0.25) is 9.59 Å². The van der Waals surface area contributed by atoms with Crippen LogP contribution in [0.4, 0.5) is 4.39 Å². The summed E-state index contributed by atoms with van der Waals surface area (Å²) in [5.74, 6) is 0.589. The van der Waals surface area contributed by atoms with Crippen molar-refractivity contribution in [2.45, 2.75) is 18.7 Å². The zero-order valence-corrected chi connectivity index (χ0v) is 12.1. The molecule has 0 spiro atoms. The van der Waals surface area contributed by atoms with Crippen molar-refractivity contribution in [1.29, 1.82) is 0 Å². The molecule has 1 aromatic rings. The third kappa shape index (κ3) is 3.72. The van der Waals surface area contributed by atoms with Crippen molar-refractivity contribution in [2.75, 3.05) is 18.8 Å². The van der Waals surface area contributed by atoms with E-state index >= 15 is 0 Å². The van der Waals surface area contributed by atoms with E-state index in [0.717, 1.165) is 5.56 Å². The van der Waals surface area contributed by atoms with Crippen LogP contribution in [-0.2, 0) is 15.3 Å². The summed E-state index contributed by atoms with van der Waals surface area (Å²) in [5.41, 5.74) is 0.980. The molecule has 1 heterocycles. The summed E-state index contributed by atoms with van der Waals surface area (Å²) in [4.78, 5) is 25.2. The van der Waals surface area contributed by atoms with Crippen molar-refractivity contribution in [1.82, 2.24) is 10.2 Å². The van der Waals surface area contributed by atoms with E-state index in [-0.39, 0.29) is 17.6 Å². The highest BCUT2D eigenvalue weighted by Crippen LogP contribution is 2.15. The number of rotatable bonds is 4. The number of nitrogens with one attached hydrogen (secondary N) is 1. The SMILES string of the molecule is CC1C(=O)NCCN1C(=O)CSCc1ccc(F)cc1. The van der Waals surface area contributed by atoms with Crippen LogP contribution >= 0.6 is 11.8 Å². The molecule has 2 rings (SSSR count). The number of carbonyl (C=O) groups excluding carboxylic acids is 2. The van der Waals surface area contributed by atoms with E-state index in [9.17, 15) is 14.0 Å². The van der Waals surface area contributed by atoms with E-state index in [1.807, 2.05) is 0 Å². The van der Waals surface area contributed by atoms with Crippen LogP contribution in [0.5, 0.6) is 0 Å². The van der Waals surface area contributed by atoms with Gasteiger partial charge >= 0.3 is 0 Å². The second-order valence-electron chi connectivity index (χ2n) is 4.67. The molecule has 1 aromatic carbocycles. The van der Waals surface area contributed by atoms with E-state index in [1.54, 1.807) is 24.0 Å². The van der Waals surface area contributed by atoms with E-state index in [4.69, 9.17) is 0 Å². The van der Waals surface area contributed by atoms with Gasteiger partial charge in [-0.2, -0.15) is 0 Å². The summed E-state index contributed by atoms with van der Waals surface area (Å²) in [6, 6.07) is 5.85. The van der Waals surface area contributed by atoms with Crippen LogP contribution in [0.15, 0.2) is 24.3 Å². The van der Waals surface area contributed by atoms with Crippen LogP contribution in [0.2, 0.25) is 0 Å². The Labute approximate surface area is 121 Å². The highest BCUT2D eigenvalue weighted by Gasteiger charge is 2.28. The van der Waals surface area contributed by atoms with Gasteiger partial charge in [-0.1, -0.05) is 12.1 Å². The van der Waals surface area contributed by atoms with Crippen LogP contribution in [0.25, 0.3) is 0 Å². The molecule has 4 nitrogen and oxygen atoms in total. The minimum absolute atomic E-state index is 0.0283. The number of benzene rings is 1. The van der Waals surface area contributed by atoms with Gasteiger partial charge in [0, 0.05) is 18.8 Å². The van der Waals surface area contributed by atoms with E-state index < -0.39 is 6.04 Å². The molecule has 6 heteroatoms. The number of hydrogen-bond donors (Lipinski definition) is 1. The van der Waals surface area contributed by atoms with Crippen molar-refractivity contribution in [3.63, 3.8) is 0 Å². The van der Waals surface area contributed by atoms with Crippen LogP contribution in [-0.4, -0.2) is 41.6 Å². The summed E-state index contributed by atoms with van der Waals surface area (Å²) < 4.78 is 12.8. The second-order valence-corrected chi connectivity index (χ2v) is 5.66. The maximum atomic E-state index is 12.8. The molecule has 1 fully saturated rings. The Bertz CT molecular complexity index is 492. The summed E-state index contributed by atoms with van der Waals surface area (Å²) in [7, 11) is 0. The maximum absolute atomic E-state index is 12.8. The molecule has 0 saturated carbocycles. The lowest BCUT2D eigenvalue weighted by Crippen LogP contribution is -2.56. The minimum Gasteiger partial charge on any atom is -0.353 e. The van der Waals surface area contributed by atoms with Gasteiger partial charge in [-0.05, 0) is 24.6 Å². The molecule has 108 valence electrons. The average Bonchev–Trinajstić information content (AvgIpc) is 2.44. The molecular formula is C14H17FN2O2S. The van der Waals surface area contributed by atoms with E-state index in [1.165, 1.54) is 23.9 Å². The van der Waals surface area contributed by atoms with Crippen molar-refractivity contribution < 1.29 is 14.0 Å². The lowest BCUT2D eigenvalue weighted by molar-refractivity contribution is -0.140. The number of hydrogen-bond acceptors (Lipinski definition) is 3. The Morgan fingerprint density at radius 1 is 1.45 bits per heavy atom. The predicted molar refractivity (Wildman–Crippen MR) is 76.7 cm³/mol. The zero-order chi connectivity index (χ0) is 14.5. The Morgan fingerprint density at radius 3 is 2.85 bits per heavy atom. The highest BCUT2D eigenvalue weighted by molar-refractivity contribution is 7.99. The van der Waals surface area contributed by atoms with Crippen molar-refractivity contribution >= 4 is 23.6 Å². The van der Waals surface area contributed by atoms with Crippen LogP contribution in [0, 0.1) is 5.82 Å². The second kappa shape index (κ2) is 6.74. The van der Waals surface area contributed by atoms with E-state index in [0.29, 0.717) is 24.6 Å². The molecule has 0 bridgehead atoms. The van der Waals surface area contributed by atoms with Crippen LogP contribution in [0.1, 0.15) is 12.5 Å². The van der Waals surface area contributed by atoms with Crippen molar-refractivity contribution in [3.8, 4) is 0 Å². The van der Waals surface area contributed by atoms with Gasteiger partial charge in [-0.15, -0.1) is 11.8 Å². The summed E-state index contributed by atoms with van der Waals surface area (Å²) in [6.45, 7) is 2.80. The molecule has 1 atom stereocenters. The number of halogens is 1. The van der Waals surface area contributed by atoms with Gasteiger partial charge < -0.3 is 10.2 Å². The summed E-state index contributed by atoms with van der Waals surface area (Å²) in [6.07, 6.45) is 0. The topological polar surface area (TPSA) is 49.4 Å².